The number of aliphatic carboxylic acids is 1. The number of carbonyl (C=O) groups is 2. The van der Waals surface area contributed by atoms with Crippen LogP contribution in [0.5, 0.6) is 0 Å². The van der Waals surface area contributed by atoms with Gasteiger partial charge in [-0.15, -0.1) is 0 Å². The highest BCUT2D eigenvalue weighted by molar-refractivity contribution is 5.72. The van der Waals surface area contributed by atoms with Gasteiger partial charge in [-0.05, 0) is 19.4 Å². The number of carbonyl (C=O) groups excluding carboxylic acids is 1. The minimum Gasteiger partial charge on any atom is -0.481 e. The zero-order valence-electron chi connectivity index (χ0n) is 8.77. The van der Waals surface area contributed by atoms with Crippen LogP contribution in [0, 0.1) is 5.92 Å². The van der Waals surface area contributed by atoms with Crippen molar-refractivity contribution in [1.29, 1.82) is 0 Å². The zero-order valence-corrected chi connectivity index (χ0v) is 8.77. The highest BCUT2D eigenvalue weighted by atomic mass is 16.4. The summed E-state index contributed by atoms with van der Waals surface area (Å²) in [6, 6.07) is -0.346. The first-order chi connectivity index (χ1) is 7.02. The van der Waals surface area contributed by atoms with E-state index in [0.29, 0.717) is 13.1 Å². The van der Waals surface area contributed by atoms with Crippen molar-refractivity contribution >= 4 is 12.0 Å². The van der Waals surface area contributed by atoms with E-state index in [-0.39, 0.29) is 18.4 Å². The molecule has 0 saturated carbocycles. The number of carboxylic acid groups (broad SMARTS) is 1. The fourth-order valence-electron chi connectivity index (χ4n) is 1.99. The lowest BCUT2D eigenvalue weighted by molar-refractivity contribution is -0.138. The van der Waals surface area contributed by atoms with Gasteiger partial charge < -0.3 is 21.1 Å². The van der Waals surface area contributed by atoms with Gasteiger partial charge in [0.25, 0.3) is 0 Å². The molecule has 1 fully saturated rings. The first-order valence-corrected chi connectivity index (χ1v) is 4.96. The molecule has 4 N–H and O–H groups in total. The molecule has 2 amide bonds. The summed E-state index contributed by atoms with van der Waals surface area (Å²) < 4.78 is 0. The Bertz CT molecular complexity index is 257. The van der Waals surface area contributed by atoms with Gasteiger partial charge in [0.1, 0.15) is 0 Å². The molecule has 15 heavy (non-hydrogen) atoms. The average molecular weight is 215 g/mol. The van der Waals surface area contributed by atoms with Crippen molar-refractivity contribution in [3.05, 3.63) is 0 Å². The van der Waals surface area contributed by atoms with Gasteiger partial charge in [-0.25, -0.2) is 4.79 Å². The lowest BCUT2D eigenvalue weighted by Gasteiger charge is -2.36. The maximum atomic E-state index is 11.0. The van der Waals surface area contributed by atoms with Crippen LogP contribution < -0.4 is 11.1 Å². The number of primary amides is 1. The average Bonchev–Trinajstić information content (AvgIpc) is 2.16. The minimum absolute atomic E-state index is 0.0128. The van der Waals surface area contributed by atoms with E-state index in [2.05, 4.69) is 5.32 Å². The van der Waals surface area contributed by atoms with Crippen LogP contribution in [-0.2, 0) is 4.79 Å². The summed E-state index contributed by atoms with van der Waals surface area (Å²) in [5, 5.41) is 11.7. The molecule has 0 radical (unpaired) electrons. The molecule has 1 heterocycles. The molecule has 2 atom stereocenters. The Morgan fingerprint density at radius 1 is 1.53 bits per heavy atom. The Balaban J connectivity index is 2.58. The van der Waals surface area contributed by atoms with Crippen LogP contribution in [0.25, 0.3) is 0 Å². The van der Waals surface area contributed by atoms with Crippen molar-refractivity contribution in [2.45, 2.75) is 18.9 Å². The topological polar surface area (TPSA) is 95.7 Å². The number of nitrogens with one attached hydrogen (secondary N) is 1. The van der Waals surface area contributed by atoms with Crippen LogP contribution in [0.3, 0.4) is 0 Å². The number of likely N-dealkylation sites (N-methyl/N-ethyl adjacent to an activating group) is 1. The van der Waals surface area contributed by atoms with Gasteiger partial charge in [0.05, 0.1) is 0 Å². The number of urea groups is 1. The molecule has 0 aromatic heterocycles. The van der Waals surface area contributed by atoms with E-state index in [0.717, 1.165) is 6.42 Å². The third kappa shape index (κ3) is 3.39. The predicted molar refractivity (Wildman–Crippen MR) is 54.4 cm³/mol. The Hall–Kier alpha value is -1.30. The quantitative estimate of drug-likeness (QED) is 0.588. The van der Waals surface area contributed by atoms with Gasteiger partial charge in [0.15, 0.2) is 0 Å². The zero-order chi connectivity index (χ0) is 11.4. The molecule has 0 aromatic rings. The number of nitrogens with two attached hydrogens (primary N) is 1. The lowest BCUT2D eigenvalue weighted by Crippen LogP contribution is -2.52. The van der Waals surface area contributed by atoms with E-state index >= 15 is 0 Å². The molecule has 0 aliphatic carbocycles. The number of nitrogens with zero attached hydrogens (tertiary/aromatic N) is 1. The maximum absolute atomic E-state index is 11.0. The molecule has 0 spiro atoms. The fraction of sp³-hybridized carbons (Fsp3) is 0.778. The van der Waals surface area contributed by atoms with Gasteiger partial charge in [-0.1, -0.05) is 0 Å². The van der Waals surface area contributed by atoms with Crippen LogP contribution in [0.1, 0.15) is 12.8 Å². The summed E-state index contributed by atoms with van der Waals surface area (Å²) in [5.74, 6) is -0.845. The van der Waals surface area contributed by atoms with Crippen LogP contribution in [0.15, 0.2) is 0 Å². The summed E-state index contributed by atoms with van der Waals surface area (Å²) >= 11 is 0. The van der Waals surface area contributed by atoms with Gasteiger partial charge >= 0.3 is 12.0 Å². The molecular formula is C9H17N3O3. The van der Waals surface area contributed by atoms with Crippen LogP contribution in [0.2, 0.25) is 0 Å². The van der Waals surface area contributed by atoms with Gasteiger partial charge in [0.2, 0.25) is 0 Å². The van der Waals surface area contributed by atoms with Crippen LogP contribution in [-0.4, -0.2) is 48.2 Å². The summed E-state index contributed by atoms with van der Waals surface area (Å²) in [6.45, 7) is 1.00. The molecule has 0 aromatic carbocycles. The molecule has 1 aliphatic rings. The van der Waals surface area contributed by atoms with Gasteiger partial charge in [-0.3, -0.25) is 4.79 Å². The SMILES string of the molecule is CNC1CC(CC(=O)O)CN(C(N)=O)C1. The normalized spacial score (nSPS) is 26.3. The third-order valence-corrected chi connectivity index (χ3v) is 2.72. The molecule has 86 valence electrons. The Morgan fingerprint density at radius 3 is 2.67 bits per heavy atom. The molecule has 2 unspecified atom stereocenters. The second-order valence-electron chi connectivity index (χ2n) is 3.93. The fourth-order valence-corrected chi connectivity index (χ4v) is 1.99. The summed E-state index contributed by atoms with van der Waals surface area (Å²) in [5.41, 5.74) is 5.19. The van der Waals surface area contributed by atoms with Gasteiger partial charge in [0, 0.05) is 25.6 Å². The van der Waals surface area contributed by atoms with E-state index in [1.54, 1.807) is 7.05 Å². The Morgan fingerprint density at radius 2 is 2.20 bits per heavy atom. The second kappa shape index (κ2) is 4.97. The maximum Gasteiger partial charge on any atom is 0.314 e. The lowest BCUT2D eigenvalue weighted by atomic mass is 9.92. The first-order valence-electron chi connectivity index (χ1n) is 4.96. The number of carboxylic acids is 1. The first kappa shape index (κ1) is 11.8. The molecule has 1 saturated heterocycles. The number of hydrogen-bond donors (Lipinski definition) is 3. The van der Waals surface area contributed by atoms with Crippen molar-refractivity contribution in [2.75, 3.05) is 20.1 Å². The van der Waals surface area contributed by atoms with E-state index in [1.165, 1.54) is 4.90 Å². The van der Waals surface area contributed by atoms with Crippen molar-refractivity contribution in [3.8, 4) is 0 Å². The number of piperidine rings is 1. The number of amides is 2. The van der Waals surface area contributed by atoms with Crippen molar-refractivity contribution in [3.63, 3.8) is 0 Å². The molecule has 1 rings (SSSR count). The highest BCUT2D eigenvalue weighted by Gasteiger charge is 2.29. The minimum atomic E-state index is -0.832. The van der Waals surface area contributed by atoms with E-state index in [9.17, 15) is 9.59 Å². The monoisotopic (exact) mass is 215 g/mol. The van der Waals surface area contributed by atoms with E-state index in [4.69, 9.17) is 10.8 Å². The summed E-state index contributed by atoms with van der Waals surface area (Å²) in [4.78, 5) is 23.1. The molecule has 0 bridgehead atoms. The molecule has 6 nitrogen and oxygen atoms in total. The highest BCUT2D eigenvalue weighted by Crippen LogP contribution is 2.19. The Labute approximate surface area is 88.4 Å². The second-order valence-corrected chi connectivity index (χ2v) is 3.93. The smallest absolute Gasteiger partial charge is 0.314 e. The summed E-state index contributed by atoms with van der Waals surface area (Å²) in [7, 11) is 1.80. The van der Waals surface area contributed by atoms with Crippen molar-refractivity contribution in [2.24, 2.45) is 11.7 Å². The standard InChI is InChI=1S/C9H17N3O3/c1-11-7-2-6(3-8(13)14)4-12(5-7)9(10)15/h6-7,11H,2-5H2,1H3,(H2,10,15)(H,13,14). The number of hydrogen-bond acceptors (Lipinski definition) is 3. The Kier molecular flexibility index (Phi) is 3.90. The summed E-state index contributed by atoms with van der Waals surface area (Å²) in [6.07, 6.45) is 0.856. The van der Waals surface area contributed by atoms with Crippen LogP contribution >= 0.6 is 0 Å². The molecule has 6 heteroatoms. The molecular weight excluding hydrogens is 198 g/mol. The molecule has 1 aliphatic heterocycles. The predicted octanol–water partition coefficient (Wildman–Crippen LogP) is -0.550. The largest absolute Gasteiger partial charge is 0.481 e. The van der Waals surface area contributed by atoms with Crippen molar-refractivity contribution in [1.82, 2.24) is 10.2 Å². The van der Waals surface area contributed by atoms with E-state index < -0.39 is 12.0 Å². The van der Waals surface area contributed by atoms with Crippen molar-refractivity contribution < 1.29 is 14.7 Å². The van der Waals surface area contributed by atoms with Gasteiger partial charge in [-0.2, -0.15) is 0 Å². The van der Waals surface area contributed by atoms with E-state index in [1.807, 2.05) is 0 Å². The number of likely N-dealkylation sites (tertiary alicyclic amines) is 1. The number of rotatable bonds is 3. The third-order valence-electron chi connectivity index (χ3n) is 2.72. The van der Waals surface area contributed by atoms with Crippen LogP contribution in [0.4, 0.5) is 4.79 Å².